The molecule has 0 N–H and O–H groups in total. The standard InChI is InChI=1S/C12H12BrN/c13-12(7-4-8-14)9-11(12)10-5-2-1-3-6-10/h1-3,5-6,11H,4,7,9H2/t11-,12-/m0/s1. The molecule has 0 aromatic heterocycles. The molecule has 1 saturated carbocycles. The average molecular weight is 250 g/mol. The van der Waals surface area contributed by atoms with E-state index in [-0.39, 0.29) is 4.32 Å². The zero-order valence-corrected chi connectivity index (χ0v) is 9.50. The molecule has 0 amide bonds. The third kappa shape index (κ3) is 1.83. The third-order valence-electron chi connectivity index (χ3n) is 2.86. The van der Waals surface area contributed by atoms with Crippen molar-refractivity contribution in [3.63, 3.8) is 0 Å². The summed E-state index contributed by atoms with van der Waals surface area (Å²) in [6.45, 7) is 0. The summed E-state index contributed by atoms with van der Waals surface area (Å²) in [7, 11) is 0. The Morgan fingerprint density at radius 2 is 2.14 bits per heavy atom. The molecule has 14 heavy (non-hydrogen) atoms. The monoisotopic (exact) mass is 249 g/mol. The van der Waals surface area contributed by atoms with Crippen LogP contribution in [0.1, 0.15) is 30.7 Å². The van der Waals surface area contributed by atoms with Gasteiger partial charge in [0.15, 0.2) is 0 Å². The number of hydrogen-bond acceptors (Lipinski definition) is 1. The van der Waals surface area contributed by atoms with E-state index in [0.29, 0.717) is 12.3 Å². The number of benzene rings is 1. The molecule has 1 aromatic rings. The third-order valence-corrected chi connectivity index (χ3v) is 4.14. The molecular formula is C12H12BrN. The van der Waals surface area contributed by atoms with Crippen LogP contribution in [-0.4, -0.2) is 4.32 Å². The van der Waals surface area contributed by atoms with Crippen LogP contribution in [0.5, 0.6) is 0 Å². The van der Waals surface area contributed by atoms with Crippen molar-refractivity contribution in [2.45, 2.75) is 29.5 Å². The lowest BCUT2D eigenvalue weighted by Gasteiger charge is -2.06. The zero-order chi connectivity index (χ0) is 10.0. The molecule has 1 fully saturated rings. The summed E-state index contributed by atoms with van der Waals surface area (Å²) in [5.41, 5.74) is 1.39. The first-order chi connectivity index (χ1) is 6.76. The highest BCUT2D eigenvalue weighted by atomic mass is 79.9. The van der Waals surface area contributed by atoms with Gasteiger partial charge in [0, 0.05) is 16.7 Å². The summed E-state index contributed by atoms with van der Waals surface area (Å²) in [5.74, 6) is 0.608. The fourth-order valence-corrected chi connectivity index (χ4v) is 2.71. The van der Waals surface area contributed by atoms with Crippen LogP contribution in [0.4, 0.5) is 0 Å². The van der Waals surface area contributed by atoms with E-state index >= 15 is 0 Å². The van der Waals surface area contributed by atoms with Crippen LogP contribution in [0.15, 0.2) is 30.3 Å². The van der Waals surface area contributed by atoms with Crippen molar-refractivity contribution in [3.05, 3.63) is 35.9 Å². The second-order valence-corrected chi connectivity index (χ2v) is 5.44. The number of rotatable bonds is 3. The Kier molecular flexibility index (Phi) is 2.60. The number of nitrogens with zero attached hydrogens (tertiary/aromatic N) is 1. The van der Waals surface area contributed by atoms with Crippen molar-refractivity contribution >= 4 is 15.9 Å². The van der Waals surface area contributed by atoms with Gasteiger partial charge < -0.3 is 0 Å². The van der Waals surface area contributed by atoms with E-state index in [1.54, 1.807) is 0 Å². The topological polar surface area (TPSA) is 23.8 Å². The van der Waals surface area contributed by atoms with Crippen LogP contribution in [0.2, 0.25) is 0 Å². The first-order valence-corrected chi connectivity index (χ1v) is 5.66. The minimum absolute atomic E-state index is 0.212. The molecule has 0 heterocycles. The Bertz CT molecular complexity index is 354. The van der Waals surface area contributed by atoms with Gasteiger partial charge in [-0.15, -0.1) is 0 Å². The van der Waals surface area contributed by atoms with E-state index in [4.69, 9.17) is 5.26 Å². The first kappa shape index (κ1) is 9.73. The summed E-state index contributed by atoms with van der Waals surface area (Å²) in [6, 6.07) is 12.7. The quantitative estimate of drug-likeness (QED) is 0.752. The van der Waals surface area contributed by atoms with Gasteiger partial charge in [-0.2, -0.15) is 5.26 Å². The molecule has 0 aliphatic heterocycles. The highest BCUT2D eigenvalue weighted by Crippen LogP contribution is 2.60. The minimum Gasteiger partial charge on any atom is -0.198 e. The van der Waals surface area contributed by atoms with Gasteiger partial charge in [0.1, 0.15) is 0 Å². The maximum Gasteiger partial charge on any atom is 0.0622 e. The summed E-state index contributed by atoms with van der Waals surface area (Å²) in [5, 5.41) is 8.54. The van der Waals surface area contributed by atoms with Crippen LogP contribution >= 0.6 is 15.9 Å². The fraction of sp³-hybridized carbons (Fsp3) is 0.417. The maximum absolute atomic E-state index is 8.54. The predicted octanol–water partition coefficient (Wildman–Crippen LogP) is 3.61. The second-order valence-electron chi connectivity index (χ2n) is 3.86. The Hall–Kier alpha value is -0.810. The van der Waals surface area contributed by atoms with E-state index in [9.17, 15) is 0 Å². The number of alkyl halides is 1. The molecule has 1 aliphatic carbocycles. The normalized spacial score (nSPS) is 29.6. The molecule has 0 unspecified atom stereocenters. The Morgan fingerprint density at radius 3 is 2.79 bits per heavy atom. The summed E-state index contributed by atoms with van der Waals surface area (Å²) >= 11 is 3.74. The van der Waals surface area contributed by atoms with Crippen LogP contribution in [0.3, 0.4) is 0 Å². The Morgan fingerprint density at radius 1 is 1.43 bits per heavy atom. The molecule has 1 aliphatic rings. The van der Waals surface area contributed by atoms with Crippen molar-refractivity contribution in [1.29, 1.82) is 5.26 Å². The highest BCUT2D eigenvalue weighted by Gasteiger charge is 2.52. The van der Waals surface area contributed by atoms with E-state index in [2.05, 4.69) is 46.3 Å². The lowest BCUT2D eigenvalue weighted by atomic mass is 10.1. The minimum atomic E-state index is 0.212. The van der Waals surface area contributed by atoms with Gasteiger partial charge in [0.05, 0.1) is 6.07 Å². The molecule has 0 spiro atoms. The van der Waals surface area contributed by atoms with E-state index < -0.39 is 0 Å². The largest absolute Gasteiger partial charge is 0.198 e. The van der Waals surface area contributed by atoms with Crippen molar-refractivity contribution < 1.29 is 0 Å². The van der Waals surface area contributed by atoms with Crippen LogP contribution in [-0.2, 0) is 0 Å². The van der Waals surface area contributed by atoms with Crippen molar-refractivity contribution in [1.82, 2.24) is 0 Å². The van der Waals surface area contributed by atoms with Gasteiger partial charge in [-0.25, -0.2) is 0 Å². The first-order valence-electron chi connectivity index (χ1n) is 4.87. The van der Waals surface area contributed by atoms with Crippen LogP contribution < -0.4 is 0 Å². The summed E-state index contributed by atoms with van der Waals surface area (Å²) < 4.78 is 0.212. The van der Waals surface area contributed by atoms with Crippen LogP contribution in [0, 0.1) is 11.3 Å². The van der Waals surface area contributed by atoms with Gasteiger partial charge in [0.25, 0.3) is 0 Å². The lowest BCUT2D eigenvalue weighted by Crippen LogP contribution is -2.00. The Labute approximate surface area is 92.9 Å². The number of hydrogen-bond donors (Lipinski definition) is 0. The average Bonchev–Trinajstić information content (AvgIpc) is 2.90. The molecule has 0 bridgehead atoms. The highest BCUT2D eigenvalue weighted by molar-refractivity contribution is 9.10. The smallest absolute Gasteiger partial charge is 0.0622 e. The van der Waals surface area contributed by atoms with Gasteiger partial charge >= 0.3 is 0 Å². The van der Waals surface area contributed by atoms with E-state index in [1.807, 2.05) is 6.07 Å². The van der Waals surface area contributed by atoms with Gasteiger partial charge in [0.2, 0.25) is 0 Å². The predicted molar refractivity (Wildman–Crippen MR) is 60.3 cm³/mol. The molecule has 72 valence electrons. The molecule has 0 saturated heterocycles. The van der Waals surface area contributed by atoms with Crippen LogP contribution in [0.25, 0.3) is 0 Å². The molecule has 2 atom stereocenters. The second kappa shape index (κ2) is 3.74. The summed E-state index contributed by atoms with van der Waals surface area (Å²) in [4.78, 5) is 0. The number of nitriles is 1. The van der Waals surface area contributed by atoms with Gasteiger partial charge in [-0.1, -0.05) is 46.3 Å². The van der Waals surface area contributed by atoms with E-state index in [0.717, 1.165) is 6.42 Å². The molecule has 2 heteroatoms. The fourth-order valence-electron chi connectivity index (χ4n) is 1.92. The van der Waals surface area contributed by atoms with Crippen molar-refractivity contribution in [2.75, 3.05) is 0 Å². The molecule has 0 radical (unpaired) electrons. The molecule has 2 rings (SSSR count). The SMILES string of the molecule is N#CCC[C@]1(Br)C[C@H]1c1ccccc1. The zero-order valence-electron chi connectivity index (χ0n) is 7.91. The Balaban J connectivity index is 2.02. The lowest BCUT2D eigenvalue weighted by molar-refractivity contribution is 0.781. The van der Waals surface area contributed by atoms with Crippen molar-refractivity contribution in [2.24, 2.45) is 0 Å². The van der Waals surface area contributed by atoms with E-state index in [1.165, 1.54) is 12.0 Å². The summed E-state index contributed by atoms with van der Waals surface area (Å²) in [6.07, 6.45) is 2.77. The maximum atomic E-state index is 8.54. The number of halogens is 1. The molecule has 1 aromatic carbocycles. The molecular weight excluding hydrogens is 238 g/mol. The van der Waals surface area contributed by atoms with Gasteiger partial charge in [-0.05, 0) is 18.4 Å². The molecule has 1 nitrogen and oxygen atoms in total. The van der Waals surface area contributed by atoms with Crippen molar-refractivity contribution in [3.8, 4) is 6.07 Å². The van der Waals surface area contributed by atoms with Gasteiger partial charge in [-0.3, -0.25) is 0 Å².